The average Bonchev–Trinajstić information content (AvgIpc) is 2.70. The van der Waals surface area contributed by atoms with Crippen LogP contribution in [-0.2, 0) is 13.1 Å². The first-order valence-electron chi connectivity index (χ1n) is 5.33. The molecule has 2 aromatic rings. The molecule has 2 nitrogen and oxygen atoms in total. The summed E-state index contributed by atoms with van der Waals surface area (Å²) in [5, 5.41) is 3.18. The van der Waals surface area contributed by atoms with Crippen molar-refractivity contribution in [3.8, 4) is 0 Å². The van der Waals surface area contributed by atoms with Crippen LogP contribution in [-0.4, -0.2) is 11.6 Å². The van der Waals surface area contributed by atoms with Crippen molar-refractivity contribution in [3.05, 3.63) is 58.3 Å². The van der Waals surface area contributed by atoms with E-state index in [0.717, 1.165) is 13.1 Å². The molecule has 0 aliphatic rings. The Morgan fingerprint density at radius 3 is 2.75 bits per heavy atom. The van der Waals surface area contributed by atoms with E-state index in [0.29, 0.717) is 0 Å². The molecule has 84 valence electrons. The predicted octanol–water partition coefficient (Wildman–Crippen LogP) is 3.02. The van der Waals surface area contributed by atoms with E-state index in [1.165, 1.54) is 15.7 Å². The zero-order valence-corrected chi connectivity index (χ0v) is 10.9. The summed E-state index contributed by atoms with van der Waals surface area (Å²) in [6.45, 7) is 1.81. The Morgan fingerprint density at radius 1 is 1.19 bits per heavy atom. The Kier molecular flexibility index (Phi) is 3.80. The predicted molar refractivity (Wildman–Crippen MR) is 70.4 cm³/mol. The lowest BCUT2D eigenvalue weighted by molar-refractivity contribution is 0.693. The number of nitrogens with zero attached hydrogens (tertiary/aromatic N) is 1. The van der Waals surface area contributed by atoms with E-state index in [1.54, 1.807) is 0 Å². The van der Waals surface area contributed by atoms with Crippen LogP contribution < -0.4 is 5.32 Å². The molecule has 0 radical (unpaired) electrons. The van der Waals surface area contributed by atoms with Crippen LogP contribution in [0.1, 0.15) is 11.3 Å². The second kappa shape index (κ2) is 5.32. The normalized spacial score (nSPS) is 10.6. The smallest absolute Gasteiger partial charge is 0.0484 e. The number of rotatable bonds is 4. The Labute approximate surface area is 104 Å². The third-order valence-electron chi connectivity index (χ3n) is 2.58. The van der Waals surface area contributed by atoms with Gasteiger partial charge in [-0.15, -0.1) is 0 Å². The highest BCUT2D eigenvalue weighted by Crippen LogP contribution is 2.18. The summed E-state index contributed by atoms with van der Waals surface area (Å²) in [7, 11) is 1.97. The molecule has 2 rings (SSSR count). The minimum Gasteiger partial charge on any atom is -0.346 e. The van der Waals surface area contributed by atoms with Gasteiger partial charge in [0.1, 0.15) is 0 Å². The van der Waals surface area contributed by atoms with Crippen LogP contribution in [0.2, 0.25) is 0 Å². The van der Waals surface area contributed by atoms with E-state index in [9.17, 15) is 0 Å². The minimum atomic E-state index is 0.900. The fourth-order valence-corrected chi connectivity index (χ4v) is 2.17. The molecule has 0 saturated carbocycles. The van der Waals surface area contributed by atoms with E-state index in [4.69, 9.17) is 0 Å². The van der Waals surface area contributed by atoms with Crippen molar-refractivity contribution in [1.29, 1.82) is 0 Å². The number of halogens is 1. The lowest BCUT2D eigenvalue weighted by Gasteiger charge is -2.10. The molecule has 1 aromatic carbocycles. The molecule has 0 unspecified atom stereocenters. The van der Waals surface area contributed by atoms with E-state index in [2.05, 4.69) is 62.3 Å². The van der Waals surface area contributed by atoms with Crippen LogP contribution >= 0.6 is 15.9 Å². The number of nitrogens with one attached hydrogen (secondary N) is 1. The summed E-state index contributed by atoms with van der Waals surface area (Å²) in [5.41, 5.74) is 2.61. The van der Waals surface area contributed by atoms with Gasteiger partial charge >= 0.3 is 0 Å². The summed E-state index contributed by atoms with van der Waals surface area (Å²) < 4.78 is 3.43. The quantitative estimate of drug-likeness (QED) is 0.910. The molecule has 0 aliphatic heterocycles. The maximum atomic E-state index is 3.58. The lowest BCUT2D eigenvalue weighted by atomic mass is 10.2. The summed E-state index contributed by atoms with van der Waals surface area (Å²) in [6.07, 6.45) is 2.12. The molecule has 0 aliphatic carbocycles. The highest BCUT2D eigenvalue weighted by atomic mass is 79.9. The summed E-state index contributed by atoms with van der Waals surface area (Å²) >= 11 is 3.58. The monoisotopic (exact) mass is 278 g/mol. The number of hydrogen-bond acceptors (Lipinski definition) is 1. The zero-order valence-electron chi connectivity index (χ0n) is 9.28. The van der Waals surface area contributed by atoms with Gasteiger partial charge in [-0.2, -0.15) is 0 Å². The lowest BCUT2D eigenvalue weighted by Crippen LogP contribution is -2.11. The van der Waals surface area contributed by atoms with Crippen molar-refractivity contribution >= 4 is 15.9 Å². The molecule has 1 N–H and O–H groups in total. The maximum absolute atomic E-state index is 3.58. The van der Waals surface area contributed by atoms with Crippen molar-refractivity contribution in [2.45, 2.75) is 13.1 Å². The highest BCUT2D eigenvalue weighted by molar-refractivity contribution is 9.10. The van der Waals surface area contributed by atoms with Gasteiger partial charge in [0.2, 0.25) is 0 Å². The maximum Gasteiger partial charge on any atom is 0.0484 e. The molecule has 16 heavy (non-hydrogen) atoms. The molecule has 3 heteroatoms. The Hall–Kier alpha value is -1.06. The number of hydrogen-bond donors (Lipinski definition) is 1. The van der Waals surface area contributed by atoms with Crippen molar-refractivity contribution in [3.63, 3.8) is 0 Å². The number of aromatic nitrogens is 1. The Balaban J connectivity index is 2.20. The third kappa shape index (κ3) is 2.54. The fraction of sp³-hybridized carbons (Fsp3) is 0.231. The van der Waals surface area contributed by atoms with Gasteiger partial charge in [0, 0.05) is 29.5 Å². The van der Waals surface area contributed by atoms with Crippen molar-refractivity contribution in [2.24, 2.45) is 0 Å². The molecule has 0 spiro atoms. The van der Waals surface area contributed by atoms with Crippen molar-refractivity contribution in [1.82, 2.24) is 9.88 Å². The highest BCUT2D eigenvalue weighted by Gasteiger charge is 2.03. The van der Waals surface area contributed by atoms with Crippen LogP contribution in [0.3, 0.4) is 0 Å². The molecule has 0 atom stereocenters. The topological polar surface area (TPSA) is 17.0 Å². The molecule has 0 amide bonds. The summed E-state index contributed by atoms with van der Waals surface area (Å²) in [5.74, 6) is 0. The van der Waals surface area contributed by atoms with Gasteiger partial charge in [0.25, 0.3) is 0 Å². The molecule has 1 aromatic heterocycles. The van der Waals surface area contributed by atoms with Gasteiger partial charge in [-0.25, -0.2) is 0 Å². The van der Waals surface area contributed by atoms with Gasteiger partial charge in [-0.1, -0.05) is 34.1 Å². The first kappa shape index (κ1) is 11.4. The molecule has 0 saturated heterocycles. The molecule has 0 bridgehead atoms. The van der Waals surface area contributed by atoms with E-state index in [-0.39, 0.29) is 0 Å². The minimum absolute atomic E-state index is 0.900. The van der Waals surface area contributed by atoms with Crippen LogP contribution in [0, 0.1) is 0 Å². The molecular formula is C13H15BrN2. The van der Waals surface area contributed by atoms with Gasteiger partial charge < -0.3 is 9.88 Å². The second-order valence-electron chi connectivity index (χ2n) is 3.75. The van der Waals surface area contributed by atoms with Crippen molar-refractivity contribution < 1.29 is 0 Å². The van der Waals surface area contributed by atoms with Crippen molar-refractivity contribution in [2.75, 3.05) is 7.05 Å². The average molecular weight is 279 g/mol. The van der Waals surface area contributed by atoms with Crippen LogP contribution in [0.5, 0.6) is 0 Å². The summed E-state index contributed by atoms with van der Waals surface area (Å²) in [4.78, 5) is 0. The molecule has 0 fully saturated rings. The van der Waals surface area contributed by atoms with Gasteiger partial charge in [0.05, 0.1) is 0 Å². The first-order valence-corrected chi connectivity index (χ1v) is 6.12. The molecular weight excluding hydrogens is 264 g/mol. The largest absolute Gasteiger partial charge is 0.346 e. The van der Waals surface area contributed by atoms with Crippen LogP contribution in [0.15, 0.2) is 47.1 Å². The van der Waals surface area contributed by atoms with Crippen LogP contribution in [0.25, 0.3) is 0 Å². The Morgan fingerprint density at radius 2 is 2.00 bits per heavy atom. The van der Waals surface area contributed by atoms with Crippen LogP contribution in [0.4, 0.5) is 0 Å². The fourth-order valence-electron chi connectivity index (χ4n) is 1.76. The van der Waals surface area contributed by atoms with E-state index < -0.39 is 0 Å². The zero-order chi connectivity index (χ0) is 11.4. The van der Waals surface area contributed by atoms with E-state index in [1.807, 2.05) is 13.1 Å². The van der Waals surface area contributed by atoms with E-state index >= 15 is 0 Å². The first-order chi connectivity index (χ1) is 7.81. The van der Waals surface area contributed by atoms with Gasteiger partial charge in [-0.05, 0) is 30.8 Å². The second-order valence-corrected chi connectivity index (χ2v) is 4.60. The standard InChI is InChI=1S/C13H15BrN2/c1-15-9-12-6-4-8-16(12)10-11-5-2-3-7-13(11)14/h2-8,15H,9-10H2,1H3. The van der Waals surface area contributed by atoms with Gasteiger partial charge in [0.15, 0.2) is 0 Å². The third-order valence-corrected chi connectivity index (χ3v) is 3.35. The Bertz CT molecular complexity index is 462. The number of benzene rings is 1. The van der Waals surface area contributed by atoms with Gasteiger partial charge in [-0.3, -0.25) is 0 Å². The molecule has 1 heterocycles. The summed E-state index contributed by atoms with van der Waals surface area (Å²) in [6, 6.07) is 12.6. The SMILES string of the molecule is CNCc1cccn1Cc1ccccc1Br.